The van der Waals surface area contributed by atoms with Gasteiger partial charge in [0.1, 0.15) is 10.7 Å². The molecule has 1 aromatic carbocycles. The van der Waals surface area contributed by atoms with Crippen LogP contribution in [0.5, 0.6) is 0 Å². The summed E-state index contributed by atoms with van der Waals surface area (Å²) < 4.78 is 1.82. The molecule has 0 atom stereocenters. The van der Waals surface area contributed by atoms with E-state index < -0.39 is 0 Å². The van der Waals surface area contributed by atoms with Gasteiger partial charge in [-0.15, -0.1) is 23.7 Å². The molecule has 136 valence electrons. The first-order chi connectivity index (χ1) is 12.3. The van der Waals surface area contributed by atoms with Crippen molar-refractivity contribution in [2.45, 2.75) is 6.42 Å². The quantitative estimate of drug-likeness (QED) is 0.748. The largest absolute Gasteiger partial charge is 0.336 e. The minimum atomic E-state index is 0. The summed E-state index contributed by atoms with van der Waals surface area (Å²) >= 11 is 1.48. The van der Waals surface area contributed by atoms with E-state index in [1.54, 1.807) is 6.20 Å². The first-order valence-corrected chi connectivity index (χ1v) is 9.25. The molecule has 2 aromatic heterocycles. The first-order valence-electron chi connectivity index (χ1n) is 8.37. The van der Waals surface area contributed by atoms with Gasteiger partial charge in [0.25, 0.3) is 5.91 Å². The second-order valence-corrected chi connectivity index (χ2v) is 6.80. The Hall–Kier alpha value is -2.22. The monoisotopic (exact) mass is 389 g/mol. The topological polar surface area (TPSA) is 63.1 Å². The van der Waals surface area contributed by atoms with Crippen LogP contribution >= 0.6 is 23.7 Å². The van der Waals surface area contributed by atoms with Crippen LogP contribution in [-0.2, 0) is 0 Å². The average Bonchev–Trinajstić information content (AvgIpc) is 3.25. The van der Waals surface area contributed by atoms with Crippen molar-refractivity contribution in [3.05, 3.63) is 53.8 Å². The van der Waals surface area contributed by atoms with Gasteiger partial charge in [0.15, 0.2) is 0 Å². The molecule has 0 bridgehead atoms. The van der Waals surface area contributed by atoms with E-state index in [1.165, 1.54) is 11.3 Å². The lowest BCUT2D eigenvalue weighted by Crippen LogP contribution is -2.34. The highest BCUT2D eigenvalue weighted by Crippen LogP contribution is 2.25. The number of carbonyl (C=O) groups is 1. The number of amides is 1. The summed E-state index contributed by atoms with van der Waals surface area (Å²) in [6.45, 7) is 3.32. The lowest BCUT2D eigenvalue weighted by molar-refractivity contribution is 0.0761. The lowest BCUT2D eigenvalue weighted by Gasteiger charge is -2.18. The van der Waals surface area contributed by atoms with Crippen LogP contribution in [0, 0.1) is 0 Å². The Balaban J connectivity index is 0.00000196. The number of halogens is 1. The highest BCUT2D eigenvalue weighted by Gasteiger charge is 2.20. The fourth-order valence-electron chi connectivity index (χ4n) is 2.87. The van der Waals surface area contributed by atoms with Crippen LogP contribution in [0.2, 0.25) is 0 Å². The molecule has 26 heavy (non-hydrogen) atoms. The minimum Gasteiger partial charge on any atom is -0.336 e. The third kappa shape index (κ3) is 3.95. The molecule has 8 heteroatoms. The van der Waals surface area contributed by atoms with Crippen LogP contribution in [0.25, 0.3) is 16.3 Å². The molecule has 1 aliphatic rings. The number of nitrogens with zero attached hydrogens (tertiary/aromatic N) is 4. The van der Waals surface area contributed by atoms with Gasteiger partial charge in [-0.2, -0.15) is 5.10 Å². The van der Waals surface area contributed by atoms with Crippen molar-refractivity contribution in [2.75, 3.05) is 26.2 Å². The van der Waals surface area contributed by atoms with Crippen LogP contribution in [0.1, 0.15) is 16.9 Å². The molecular weight excluding hydrogens is 370 g/mol. The van der Waals surface area contributed by atoms with Gasteiger partial charge >= 0.3 is 0 Å². The summed E-state index contributed by atoms with van der Waals surface area (Å²) in [6.07, 6.45) is 4.71. The van der Waals surface area contributed by atoms with Gasteiger partial charge in [0, 0.05) is 36.8 Å². The van der Waals surface area contributed by atoms with Crippen molar-refractivity contribution in [3.8, 4) is 16.3 Å². The molecule has 3 aromatic rings. The highest BCUT2D eigenvalue weighted by atomic mass is 35.5. The molecule has 0 radical (unpaired) electrons. The fourth-order valence-corrected chi connectivity index (χ4v) is 3.64. The molecule has 3 heterocycles. The predicted octanol–water partition coefficient (Wildman–Crippen LogP) is 2.85. The van der Waals surface area contributed by atoms with Crippen LogP contribution in [0.15, 0.2) is 48.1 Å². The van der Waals surface area contributed by atoms with Crippen molar-refractivity contribution in [1.29, 1.82) is 0 Å². The molecule has 0 saturated carbocycles. The smallest absolute Gasteiger partial charge is 0.273 e. The fraction of sp³-hybridized carbons (Fsp3) is 0.278. The van der Waals surface area contributed by atoms with Gasteiger partial charge in [-0.05, 0) is 25.1 Å². The van der Waals surface area contributed by atoms with E-state index in [1.807, 2.05) is 51.5 Å². The van der Waals surface area contributed by atoms with Crippen molar-refractivity contribution >= 4 is 29.7 Å². The van der Waals surface area contributed by atoms with Gasteiger partial charge < -0.3 is 10.2 Å². The van der Waals surface area contributed by atoms with E-state index in [0.717, 1.165) is 48.9 Å². The van der Waals surface area contributed by atoms with Crippen LogP contribution in [0.4, 0.5) is 0 Å². The maximum atomic E-state index is 12.6. The molecule has 1 amide bonds. The molecule has 4 rings (SSSR count). The Morgan fingerprint density at radius 2 is 2.00 bits per heavy atom. The number of thiazole rings is 1. The number of hydrogen-bond donors (Lipinski definition) is 1. The minimum absolute atomic E-state index is 0. The van der Waals surface area contributed by atoms with E-state index in [9.17, 15) is 4.79 Å². The Kier molecular flexibility index (Phi) is 6.03. The van der Waals surface area contributed by atoms with Gasteiger partial charge in [-0.1, -0.05) is 18.2 Å². The molecular formula is C18H20ClN5OS. The number of benzene rings is 1. The predicted molar refractivity (Wildman–Crippen MR) is 105 cm³/mol. The molecule has 1 N–H and O–H groups in total. The van der Waals surface area contributed by atoms with E-state index in [0.29, 0.717) is 5.69 Å². The summed E-state index contributed by atoms with van der Waals surface area (Å²) in [4.78, 5) is 19.1. The Labute approximate surface area is 162 Å². The normalized spacial score (nSPS) is 14.5. The Morgan fingerprint density at radius 3 is 2.85 bits per heavy atom. The van der Waals surface area contributed by atoms with Crippen LogP contribution in [0.3, 0.4) is 0 Å². The standard InChI is InChI=1S/C18H19N5OS.ClH/c24-18(22-9-4-7-19-8-10-22)16-13-25-17(21-16)14-11-20-23(12-14)15-5-2-1-3-6-15;/h1-3,5-6,11-13,19H,4,7-10H2;1H. The number of aromatic nitrogens is 3. The van der Waals surface area contributed by atoms with Gasteiger partial charge in [-0.25, -0.2) is 9.67 Å². The van der Waals surface area contributed by atoms with Crippen molar-refractivity contribution in [3.63, 3.8) is 0 Å². The summed E-state index contributed by atoms with van der Waals surface area (Å²) in [5.41, 5.74) is 2.44. The average molecular weight is 390 g/mol. The highest BCUT2D eigenvalue weighted by molar-refractivity contribution is 7.13. The van der Waals surface area contributed by atoms with E-state index >= 15 is 0 Å². The van der Waals surface area contributed by atoms with Crippen LogP contribution < -0.4 is 5.32 Å². The Morgan fingerprint density at radius 1 is 1.15 bits per heavy atom. The zero-order valence-electron chi connectivity index (χ0n) is 14.2. The third-order valence-electron chi connectivity index (χ3n) is 4.20. The molecule has 0 spiro atoms. The van der Waals surface area contributed by atoms with Crippen LogP contribution in [-0.4, -0.2) is 51.8 Å². The van der Waals surface area contributed by atoms with Crippen molar-refractivity contribution in [1.82, 2.24) is 25.0 Å². The number of nitrogens with one attached hydrogen (secondary N) is 1. The van der Waals surface area contributed by atoms with Crippen molar-refractivity contribution in [2.24, 2.45) is 0 Å². The van der Waals surface area contributed by atoms with E-state index in [4.69, 9.17) is 0 Å². The summed E-state index contributed by atoms with van der Waals surface area (Å²) in [5.74, 6) is 0.0154. The SMILES string of the molecule is Cl.O=C(c1csc(-c2cnn(-c3ccccc3)c2)n1)N1CCCNCC1. The summed E-state index contributed by atoms with van der Waals surface area (Å²) in [7, 11) is 0. The summed E-state index contributed by atoms with van der Waals surface area (Å²) in [6, 6.07) is 9.94. The van der Waals surface area contributed by atoms with E-state index in [2.05, 4.69) is 15.4 Å². The number of hydrogen-bond acceptors (Lipinski definition) is 5. The maximum Gasteiger partial charge on any atom is 0.273 e. The summed E-state index contributed by atoms with van der Waals surface area (Å²) in [5, 5.41) is 10.4. The van der Waals surface area contributed by atoms with Crippen molar-refractivity contribution < 1.29 is 4.79 Å². The zero-order chi connectivity index (χ0) is 17.1. The Bertz CT molecular complexity index is 855. The van der Waals surface area contributed by atoms with Gasteiger partial charge in [-0.3, -0.25) is 4.79 Å². The second kappa shape index (κ2) is 8.44. The molecule has 1 aliphatic heterocycles. The number of rotatable bonds is 3. The first kappa shape index (κ1) is 18.6. The molecule has 1 saturated heterocycles. The van der Waals surface area contributed by atoms with E-state index in [-0.39, 0.29) is 18.3 Å². The lowest BCUT2D eigenvalue weighted by atomic mass is 10.3. The maximum absolute atomic E-state index is 12.6. The zero-order valence-corrected chi connectivity index (χ0v) is 15.8. The third-order valence-corrected chi connectivity index (χ3v) is 5.09. The molecule has 0 unspecified atom stereocenters. The van der Waals surface area contributed by atoms with Gasteiger partial charge in [0.2, 0.25) is 0 Å². The molecule has 0 aliphatic carbocycles. The number of carbonyl (C=O) groups excluding carboxylic acids is 1. The number of para-hydroxylation sites is 1. The van der Waals surface area contributed by atoms with Gasteiger partial charge in [0.05, 0.1) is 11.9 Å². The second-order valence-electron chi connectivity index (χ2n) is 5.94. The molecule has 6 nitrogen and oxygen atoms in total. The molecule has 1 fully saturated rings.